The van der Waals surface area contributed by atoms with E-state index in [-0.39, 0.29) is 16.7 Å². The van der Waals surface area contributed by atoms with Crippen LogP contribution in [0.5, 0.6) is 11.5 Å². The predicted octanol–water partition coefficient (Wildman–Crippen LogP) is 6.06. The summed E-state index contributed by atoms with van der Waals surface area (Å²) in [7, 11) is 3.27. The van der Waals surface area contributed by atoms with Crippen molar-refractivity contribution in [2.24, 2.45) is 10.8 Å². The highest BCUT2D eigenvalue weighted by Crippen LogP contribution is 2.59. The molecule has 0 amide bonds. The third-order valence-corrected chi connectivity index (χ3v) is 7.04. The van der Waals surface area contributed by atoms with Crippen molar-refractivity contribution in [3.63, 3.8) is 0 Å². The Balaban J connectivity index is 2.19. The van der Waals surface area contributed by atoms with Crippen molar-refractivity contribution >= 4 is 21.7 Å². The molecule has 0 N–H and O–H groups in total. The van der Waals surface area contributed by atoms with E-state index in [1.165, 1.54) is 12.0 Å². The molecule has 2 atom stereocenters. The zero-order valence-corrected chi connectivity index (χ0v) is 18.0. The molecule has 1 aromatic carbocycles. The summed E-state index contributed by atoms with van der Waals surface area (Å²) in [6.07, 6.45) is 7.17. The van der Waals surface area contributed by atoms with Gasteiger partial charge in [0.25, 0.3) is 0 Å². The maximum atomic E-state index is 13.3. The van der Waals surface area contributed by atoms with Crippen LogP contribution in [0.3, 0.4) is 0 Å². The Bertz CT molecular complexity index is 750. The first-order valence-electron chi connectivity index (χ1n) is 9.40. The standard InChI is InChI=1S/C22H29BrO3/c1-21(2)10-7-11-22(3)19(21)9-6-8-16(24)20(22)14-12-17(25-4)18(26-5)13-15(14)23/h9,12-13,20H,6-8,10-11H2,1-5H3. The fourth-order valence-corrected chi connectivity index (χ4v) is 5.77. The number of carbonyl (C=O) groups is 1. The van der Waals surface area contributed by atoms with Gasteiger partial charge in [0.2, 0.25) is 0 Å². The molecule has 142 valence electrons. The summed E-state index contributed by atoms with van der Waals surface area (Å²) in [5.41, 5.74) is 2.45. The van der Waals surface area contributed by atoms with E-state index in [1.807, 2.05) is 12.1 Å². The number of carbonyl (C=O) groups excluding carboxylic acids is 1. The fourth-order valence-electron chi connectivity index (χ4n) is 5.22. The molecule has 26 heavy (non-hydrogen) atoms. The minimum absolute atomic E-state index is 0.138. The molecule has 1 saturated carbocycles. The van der Waals surface area contributed by atoms with E-state index in [4.69, 9.17) is 9.47 Å². The van der Waals surface area contributed by atoms with Crippen molar-refractivity contribution in [1.82, 2.24) is 0 Å². The second kappa shape index (κ2) is 7.03. The molecule has 3 nitrogen and oxygen atoms in total. The molecule has 0 heterocycles. The van der Waals surface area contributed by atoms with Crippen LogP contribution in [0.1, 0.15) is 64.4 Å². The van der Waals surface area contributed by atoms with Gasteiger partial charge in [0.05, 0.1) is 20.1 Å². The maximum absolute atomic E-state index is 13.3. The number of hydrogen-bond donors (Lipinski definition) is 0. The van der Waals surface area contributed by atoms with Gasteiger partial charge in [0, 0.05) is 16.3 Å². The van der Waals surface area contributed by atoms with Crippen molar-refractivity contribution in [3.8, 4) is 11.5 Å². The quantitative estimate of drug-likeness (QED) is 0.557. The first kappa shape index (κ1) is 19.5. The molecule has 0 aromatic heterocycles. The summed E-state index contributed by atoms with van der Waals surface area (Å²) < 4.78 is 11.9. The summed E-state index contributed by atoms with van der Waals surface area (Å²) in [6.45, 7) is 6.94. The van der Waals surface area contributed by atoms with Gasteiger partial charge in [0.1, 0.15) is 5.78 Å². The first-order valence-corrected chi connectivity index (χ1v) is 10.2. The van der Waals surface area contributed by atoms with E-state index in [0.29, 0.717) is 23.7 Å². The molecule has 0 radical (unpaired) electrons. The van der Waals surface area contributed by atoms with Crippen LogP contribution in [0.4, 0.5) is 0 Å². The number of fused-ring (bicyclic) bond motifs is 1. The lowest BCUT2D eigenvalue weighted by Gasteiger charge is -2.49. The number of rotatable bonds is 3. The summed E-state index contributed by atoms with van der Waals surface area (Å²) in [4.78, 5) is 13.3. The lowest BCUT2D eigenvalue weighted by molar-refractivity contribution is -0.122. The zero-order valence-electron chi connectivity index (χ0n) is 16.4. The number of ether oxygens (including phenoxy) is 2. The molecule has 1 aromatic rings. The van der Waals surface area contributed by atoms with Gasteiger partial charge in [0.15, 0.2) is 11.5 Å². The normalized spacial score (nSPS) is 28.0. The van der Waals surface area contributed by atoms with Crippen molar-refractivity contribution in [1.29, 1.82) is 0 Å². The summed E-state index contributed by atoms with van der Waals surface area (Å²) in [6, 6.07) is 3.91. The highest BCUT2D eigenvalue weighted by molar-refractivity contribution is 9.10. The van der Waals surface area contributed by atoms with Crippen molar-refractivity contribution in [2.75, 3.05) is 14.2 Å². The van der Waals surface area contributed by atoms with Gasteiger partial charge in [-0.3, -0.25) is 4.79 Å². The Morgan fingerprint density at radius 2 is 1.73 bits per heavy atom. The van der Waals surface area contributed by atoms with E-state index in [1.54, 1.807) is 14.2 Å². The Kier molecular flexibility index (Phi) is 5.26. The molecule has 2 aliphatic rings. The SMILES string of the molecule is COc1cc(Br)c(C2C(=O)CCC=C3C(C)(C)CCCC32C)cc1OC. The van der Waals surface area contributed by atoms with Crippen LogP contribution >= 0.6 is 15.9 Å². The number of halogens is 1. The van der Waals surface area contributed by atoms with Crippen LogP contribution < -0.4 is 9.47 Å². The second-order valence-corrected chi connectivity index (χ2v) is 9.29. The zero-order chi connectivity index (χ0) is 19.1. The Morgan fingerprint density at radius 1 is 1.08 bits per heavy atom. The monoisotopic (exact) mass is 420 g/mol. The number of hydrogen-bond acceptors (Lipinski definition) is 3. The highest BCUT2D eigenvalue weighted by atomic mass is 79.9. The third kappa shape index (κ3) is 3.11. The van der Waals surface area contributed by atoms with Crippen LogP contribution in [0.15, 0.2) is 28.3 Å². The number of Topliss-reactive ketones (excluding diaryl/α,β-unsaturated/α-hetero) is 1. The molecule has 0 aliphatic heterocycles. The number of ketones is 1. The van der Waals surface area contributed by atoms with E-state index in [0.717, 1.165) is 29.3 Å². The summed E-state index contributed by atoms with van der Waals surface area (Å²) in [5.74, 6) is 1.51. The molecule has 3 rings (SSSR count). The molecule has 4 heteroatoms. The van der Waals surface area contributed by atoms with E-state index < -0.39 is 0 Å². The average molecular weight is 421 g/mol. The average Bonchev–Trinajstić information content (AvgIpc) is 2.71. The van der Waals surface area contributed by atoms with E-state index >= 15 is 0 Å². The second-order valence-electron chi connectivity index (χ2n) is 8.44. The van der Waals surface area contributed by atoms with Gasteiger partial charge in [-0.2, -0.15) is 0 Å². The summed E-state index contributed by atoms with van der Waals surface area (Å²) in [5, 5.41) is 0. The van der Waals surface area contributed by atoms with Gasteiger partial charge >= 0.3 is 0 Å². The number of allylic oxidation sites excluding steroid dienone is 2. The van der Waals surface area contributed by atoms with Crippen LogP contribution in [-0.4, -0.2) is 20.0 Å². The molecule has 2 unspecified atom stereocenters. The van der Waals surface area contributed by atoms with Gasteiger partial charge in [-0.1, -0.05) is 54.8 Å². The maximum Gasteiger partial charge on any atom is 0.161 e. The molecule has 0 bridgehead atoms. The van der Waals surface area contributed by atoms with Crippen molar-refractivity contribution in [2.45, 2.75) is 58.8 Å². The predicted molar refractivity (Wildman–Crippen MR) is 108 cm³/mol. The minimum atomic E-state index is -0.162. The highest BCUT2D eigenvalue weighted by Gasteiger charge is 2.50. The molecular weight excluding hydrogens is 392 g/mol. The first-order chi connectivity index (χ1) is 12.2. The van der Waals surface area contributed by atoms with Gasteiger partial charge < -0.3 is 9.47 Å². The van der Waals surface area contributed by atoms with Crippen molar-refractivity contribution in [3.05, 3.63) is 33.8 Å². The van der Waals surface area contributed by atoms with Gasteiger partial charge in [-0.05, 0) is 42.4 Å². The molecule has 2 aliphatic carbocycles. The molecule has 1 fully saturated rings. The Morgan fingerprint density at radius 3 is 2.38 bits per heavy atom. The lowest BCUT2D eigenvalue weighted by atomic mass is 9.54. The largest absolute Gasteiger partial charge is 0.493 e. The minimum Gasteiger partial charge on any atom is -0.493 e. The van der Waals surface area contributed by atoms with Gasteiger partial charge in [-0.15, -0.1) is 0 Å². The van der Waals surface area contributed by atoms with Crippen LogP contribution in [0.25, 0.3) is 0 Å². The third-order valence-electron chi connectivity index (χ3n) is 6.35. The molecular formula is C22H29BrO3. The number of methoxy groups -OCH3 is 2. The Labute approximate surface area is 165 Å². The van der Waals surface area contributed by atoms with Crippen LogP contribution in [0, 0.1) is 10.8 Å². The molecule has 0 spiro atoms. The van der Waals surface area contributed by atoms with E-state index in [2.05, 4.69) is 42.8 Å². The van der Waals surface area contributed by atoms with Gasteiger partial charge in [-0.25, -0.2) is 0 Å². The van der Waals surface area contributed by atoms with E-state index in [9.17, 15) is 4.79 Å². The Hall–Kier alpha value is -1.29. The van der Waals surface area contributed by atoms with Crippen molar-refractivity contribution < 1.29 is 14.3 Å². The van der Waals surface area contributed by atoms with Crippen LogP contribution in [0.2, 0.25) is 0 Å². The summed E-state index contributed by atoms with van der Waals surface area (Å²) >= 11 is 3.70. The molecule has 0 saturated heterocycles. The van der Waals surface area contributed by atoms with Crippen LogP contribution in [-0.2, 0) is 4.79 Å². The number of benzene rings is 1. The topological polar surface area (TPSA) is 35.5 Å². The smallest absolute Gasteiger partial charge is 0.161 e. The fraction of sp³-hybridized carbons (Fsp3) is 0.591. The lowest BCUT2D eigenvalue weighted by Crippen LogP contribution is -2.40.